The van der Waals surface area contributed by atoms with Gasteiger partial charge in [-0.15, -0.1) is 0 Å². The summed E-state index contributed by atoms with van der Waals surface area (Å²) in [6, 6.07) is 16.8. The zero-order valence-electron chi connectivity index (χ0n) is 28.5. The fourth-order valence-electron chi connectivity index (χ4n) is 7.75. The number of hydrogen-bond donors (Lipinski definition) is 2. The predicted molar refractivity (Wildman–Crippen MR) is 181 cm³/mol. The van der Waals surface area contributed by atoms with E-state index in [9.17, 15) is 9.59 Å². The number of esters is 1. The van der Waals surface area contributed by atoms with Crippen molar-refractivity contribution in [3.05, 3.63) is 89.2 Å². The summed E-state index contributed by atoms with van der Waals surface area (Å²) >= 11 is 0. The number of amides is 1. The van der Waals surface area contributed by atoms with E-state index in [1.165, 1.54) is 0 Å². The molecule has 4 fully saturated rings. The molecule has 3 aliphatic carbocycles. The van der Waals surface area contributed by atoms with Gasteiger partial charge in [-0.25, -0.2) is 4.79 Å². The van der Waals surface area contributed by atoms with Crippen molar-refractivity contribution in [1.82, 2.24) is 10.3 Å². The lowest BCUT2D eigenvalue weighted by Crippen LogP contribution is -2.65. The Hall–Kier alpha value is -3.89. The molecule has 7 rings (SSSR count). The molecule has 1 aromatic heterocycles. The standard InChI is InChI=1S/C37H46BN3O6/c1-35(2,3)45-34(43)28-15-9-12-24(32(28)44-7)18-31(38-46-30-20-26-19-29(36(26,4)5)37(30,6)47-38)41-33(42)25-13-8-11-23(17-25)21-40-27-14-10-16-39-22-27/h8-17,22,26,29-31,40H,18-21H2,1-7H3,(H,41,42). The molecule has 3 aromatic rings. The van der Waals surface area contributed by atoms with Gasteiger partial charge in [0, 0.05) is 24.5 Å². The number of hydrogen-bond acceptors (Lipinski definition) is 8. The van der Waals surface area contributed by atoms with Crippen molar-refractivity contribution in [3.63, 3.8) is 0 Å². The molecular formula is C37H46BN3O6. The minimum absolute atomic E-state index is 0.0550. The Balaban J connectivity index is 1.27. The molecule has 1 aliphatic heterocycles. The quantitative estimate of drug-likeness (QED) is 0.198. The Labute approximate surface area is 278 Å². The van der Waals surface area contributed by atoms with Gasteiger partial charge in [-0.1, -0.05) is 38.1 Å². The molecule has 2 aromatic carbocycles. The Bertz CT molecular complexity index is 1630. The summed E-state index contributed by atoms with van der Waals surface area (Å²) in [5.74, 6) is 0.100. The van der Waals surface area contributed by atoms with E-state index in [1.54, 1.807) is 31.6 Å². The summed E-state index contributed by atoms with van der Waals surface area (Å²) in [6.45, 7) is 12.9. The number of nitrogens with zero attached hydrogens (tertiary/aromatic N) is 1. The van der Waals surface area contributed by atoms with E-state index in [2.05, 4.69) is 36.4 Å². The highest BCUT2D eigenvalue weighted by atomic mass is 16.7. The van der Waals surface area contributed by atoms with Crippen molar-refractivity contribution in [1.29, 1.82) is 0 Å². The van der Waals surface area contributed by atoms with E-state index < -0.39 is 30.2 Å². The van der Waals surface area contributed by atoms with Crippen molar-refractivity contribution in [3.8, 4) is 5.75 Å². The van der Waals surface area contributed by atoms with E-state index in [-0.39, 0.29) is 17.4 Å². The first kappa shape index (κ1) is 33.0. The molecule has 5 atom stereocenters. The molecule has 10 heteroatoms. The molecule has 9 nitrogen and oxygen atoms in total. The number of rotatable bonds is 10. The van der Waals surface area contributed by atoms with Crippen LogP contribution in [-0.4, -0.2) is 54.3 Å². The molecule has 1 saturated heterocycles. The molecule has 2 N–H and O–H groups in total. The maximum Gasteiger partial charge on any atom is 0.482 e. The molecular weight excluding hydrogens is 593 g/mol. The highest BCUT2D eigenvalue weighted by Gasteiger charge is 2.68. The van der Waals surface area contributed by atoms with Crippen LogP contribution in [0.2, 0.25) is 0 Å². The van der Waals surface area contributed by atoms with Gasteiger partial charge in [0.25, 0.3) is 5.91 Å². The van der Waals surface area contributed by atoms with Crippen molar-refractivity contribution >= 4 is 24.7 Å². The highest BCUT2D eigenvalue weighted by molar-refractivity contribution is 6.48. The number of methoxy groups -OCH3 is 1. The lowest BCUT2D eigenvalue weighted by Gasteiger charge is -2.64. The van der Waals surface area contributed by atoms with Crippen LogP contribution in [-0.2, 0) is 27.0 Å². The maximum absolute atomic E-state index is 13.9. The number of nitrogens with one attached hydrogen (secondary N) is 2. The van der Waals surface area contributed by atoms with Gasteiger partial charge >= 0.3 is 13.1 Å². The largest absolute Gasteiger partial charge is 0.496 e. The third-order valence-corrected chi connectivity index (χ3v) is 10.3. The summed E-state index contributed by atoms with van der Waals surface area (Å²) in [4.78, 5) is 31.2. The van der Waals surface area contributed by atoms with Crippen molar-refractivity contribution < 1.29 is 28.4 Å². The molecule has 0 spiro atoms. The number of aromatic nitrogens is 1. The molecule has 1 amide bonds. The zero-order valence-corrected chi connectivity index (χ0v) is 28.5. The summed E-state index contributed by atoms with van der Waals surface area (Å²) < 4.78 is 25.0. The van der Waals surface area contributed by atoms with Crippen LogP contribution in [0.15, 0.2) is 67.0 Å². The third kappa shape index (κ3) is 6.63. The van der Waals surface area contributed by atoms with Gasteiger partial charge in [-0.05, 0) is 106 Å². The van der Waals surface area contributed by atoms with Crippen LogP contribution in [0.25, 0.3) is 0 Å². The Morgan fingerprint density at radius 2 is 1.87 bits per heavy atom. The van der Waals surface area contributed by atoms with Crippen molar-refractivity contribution in [2.75, 3.05) is 12.4 Å². The third-order valence-electron chi connectivity index (χ3n) is 10.3. The number of benzene rings is 2. The first-order valence-corrected chi connectivity index (χ1v) is 16.5. The first-order valence-electron chi connectivity index (χ1n) is 16.5. The molecule has 5 unspecified atom stereocenters. The number of pyridine rings is 1. The molecule has 3 saturated carbocycles. The number of anilines is 1. The van der Waals surface area contributed by atoms with Gasteiger partial charge in [0.2, 0.25) is 0 Å². The smallest absolute Gasteiger partial charge is 0.482 e. The average Bonchev–Trinajstić information content (AvgIpc) is 3.40. The van der Waals surface area contributed by atoms with E-state index in [0.29, 0.717) is 41.7 Å². The summed E-state index contributed by atoms with van der Waals surface area (Å²) in [7, 11) is 0.855. The van der Waals surface area contributed by atoms with Crippen LogP contribution < -0.4 is 15.4 Å². The van der Waals surface area contributed by atoms with Gasteiger partial charge in [0.05, 0.1) is 30.4 Å². The Morgan fingerprint density at radius 3 is 2.57 bits per heavy atom. The second-order valence-corrected chi connectivity index (χ2v) is 14.9. The number of ether oxygens (including phenoxy) is 2. The van der Waals surface area contributed by atoms with Crippen molar-refractivity contribution in [2.24, 2.45) is 17.3 Å². The number of carbonyl (C=O) groups is 2. The molecule has 47 heavy (non-hydrogen) atoms. The van der Waals surface area contributed by atoms with Crippen LogP contribution in [0.3, 0.4) is 0 Å². The monoisotopic (exact) mass is 639 g/mol. The molecule has 2 bridgehead atoms. The van der Waals surface area contributed by atoms with Crippen LogP contribution >= 0.6 is 0 Å². The van der Waals surface area contributed by atoms with E-state index >= 15 is 0 Å². The molecule has 248 valence electrons. The maximum atomic E-state index is 13.9. The van der Waals surface area contributed by atoms with Crippen molar-refractivity contribution in [2.45, 2.75) is 90.6 Å². The Morgan fingerprint density at radius 1 is 1.09 bits per heavy atom. The first-order chi connectivity index (χ1) is 22.3. The van der Waals surface area contributed by atoms with Crippen LogP contribution in [0.4, 0.5) is 5.69 Å². The van der Waals surface area contributed by atoms with Crippen LogP contribution in [0.5, 0.6) is 5.75 Å². The molecule has 2 heterocycles. The van der Waals surface area contributed by atoms with E-state index in [1.807, 2.05) is 63.2 Å². The number of carbonyl (C=O) groups excluding carboxylic acids is 2. The highest BCUT2D eigenvalue weighted by Crippen LogP contribution is 2.65. The molecule has 4 aliphatic rings. The fraction of sp³-hybridized carbons (Fsp3) is 0.486. The summed E-state index contributed by atoms with van der Waals surface area (Å²) in [5, 5.41) is 6.60. The SMILES string of the molecule is COc1c(CC(NC(=O)c2cccc(CNc3cccnc3)c2)B2OC3CC4CC(C4(C)C)C3(C)O2)cccc1C(=O)OC(C)(C)C. The van der Waals surface area contributed by atoms with Gasteiger partial charge in [-0.2, -0.15) is 0 Å². The molecule has 0 radical (unpaired) electrons. The lowest BCUT2D eigenvalue weighted by atomic mass is 9.43. The zero-order chi connectivity index (χ0) is 33.6. The Kier molecular flexibility index (Phi) is 8.87. The second-order valence-electron chi connectivity index (χ2n) is 14.9. The van der Waals surface area contributed by atoms with Gasteiger partial charge < -0.3 is 29.4 Å². The topological polar surface area (TPSA) is 108 Å². The minimum Gasteiger partial charge on any atom is -0.496 e. The van der Waals surface area contributed by atoms with Gasteiger partial charge in [0.1, 0.15) is 16.9 Å². The predicted octanol–water partition coefficient (Wildman–Crippen LogP) is 6.27. The average molecular weight is 640 g/mol. The summed E-state index contributed by atoms with van der Waals surface area (Å²) in [5.41, 5.74) is 2.52. The lowest BCUT2D eigenvalue weighted by molar-refractivity contribution is -0.199. The van der Waals surface area contributed by atoms with E-state index in [4.69, 9.17) is 18.8 Å². The summed E-state index contributed by atoms with van der Waals surface area (Å²) in [6.07, 6.45) is 5.81. The van der Waals surface area contributed by atoms with E-state index in [0.717, 1.165) is 29.7 Å². The minimum atomic E-state index is -0.686. The van der Waals surface area contributed by atoms with Gasteiger partial charge in [-0.3, -0.25) is 9.78 Å². The van der Waals surface area contributed by atoms with Crippen LogP contribution in [0.1, 0.15) is 86.2 Å². The number of para-hydroxylation sites is 1. The fourth-order valence-corrected chi connectivity index (χ4v) is 7.75. The normalized spacial score (nSPS) is 24.8. The van der Waals surface area contributed by atoms with Gasteiger partial charge in [0.15, 0.2) is 0 Å². The second kappa shape index (κ2) is 12.6. The van der Waals surface area contributed by atoms with Crippen LogP contribution in [0, 0.1) is 17.3 Å².